The molecule has 1 amide bonds. The zero-order valence-electron chi connectivity index (χ0n) is 14.4. The molecule has 0 fully saturated rings. The highest BCUT2D eigenvalue weighted by molar-refractivity contribution is 6.00. The van der Waals surface area contributed by atoms with Gasteiger partial charge in [-0.3, -0.25) is 9.78 Å². The van der Waals surface area contributed by atoms with Crippen molar-refractivity contribution in [2.75, 3.05) is 6.54 Å². The minimum Gasteiger partial charge on any atom is -0.360 e. The molecular formula is C19H16F3N3O2. The van der Waals surface area contributed by atoms with Crippen LogP contribution in [0.3, 0.4) is 0 Å². The molecule has 0 spiro atoms. The van der Waals surface area contributed by atoms with Crippen LogP contribution in [0.25, 0.3) is 11.3 Å². The molecule has 2 heterocycles. The zero-order chi connectivity index (χ0) is 19.4. The molecule has 8 heteroatoms. The van der Waals surface area contributed by atoms with E-state index in [2.05, 4.69) is 15.5 Å². The number of nitrogens with zero attached hydrogens (tertiary/aromatic N) is 2. The van der Waals surface area contributed by atoms with Crippen LogP contribution < -0.4 is 5.32 Å². The highest BCUT2D eigenvalue weighted by Gasteiger charge is 2.32. The Kier molecular flexibility index (Phi) is 5.25. The Hall–Kier alpha value is -3.16. The highest BCUT2D eigenvalue weighted by Crippen LogP contribution is 2.30. The number of halogens is 3. The molecule has 2 aromatic heterocycles. The number of nitrogens with one attached hydrogen (secondary N) is 1. The van der Waals surface area contributed by atoms with E-state index in [4.69, 9.17) is 4.52 Å². The van der Waals surface area contributed by atoms with E-state index in [9.17, 15) is 18.0 Å². The molecule has 3 rings (SSSR count). The second kappa shape index (κ2) is 7.61. The summed E-state index contributed by atoms with van der Waals surface area (Å²) in [6, 6.07) is 11.7. The first kappa shape index (κ1) is 18.6. The number of aromatic nitrogens is 2. The van der Waals surface area contributed by atoms with E-state index in [1.165, 1.54) is 6.07 Å². The van der Waals surface area contributed by atoms with Crippen molar-refractivity contribution in [1.29, 1.82) is 0 Å². The van der Waals surface area contributed by atoms with Gasteiger partial charge in [-0.2, -0.15) is 13.2 Å². The summed E-state index contributed by atoms with van der Waals surface area (Å²) in [6.07, 6.45) is -2.86. The summed E-state index contributed by atoms with van der Waals surface area (Å²) < 4.78 is 43.0. The van der Waals surface area contributed by atoms with Crippen LogP contribution in [0.1, 0.15) is 27.4 Å². The summed E-state index contributed by atoms with van der Waals surface area (Å²) in [5, 5.41) is 6.59. The number of hydrogen-bond acceptors (Lipinski definition) is 4. The van der Waals surface area contributed by atoms with Crippen LogP contribution in [0, 0.1) is 6.92 Å². The second-order valence-electron chi connectivity index (χ2n) is 5.88. The fraction of sp³-hybridized carbons (Fsp3) is 0.211. The lowest BCUT2D eigenvalue weighted by atomic mass is 10.1. The predicted octanol–water partition coefficient (Wildman–Crippen LogP) is 4.04. The summed E-state index contributed by atoms with van der Waals surface area (Å²) >= 11 is 0. The lowest BCUT2D eigenvalue weighted by Gasteiger charge is -2.07. The highest BCUT2D eigenvalue weighted by atomic mass is 19.4. The Labute approximate surface area is 153 Å². The van der Waals surface area contributed by atoms with Crippen molar-refractivity contribution < 1.29 is 22.5 Å². The average Bonchev–Trinajstić information content (AvgIpc) is 3.03. The van der Waals surface area contributed by atoms with Crippen LogP contribution in [0.2, 0.25) is 0 Å². The normalized spacial score (nSPS) is 11.4. The summed E-state index contributed by atoms with van der Waals surface area (Å²) in [7, 11) is 0. The van der Waals surface area contributed by atoms with Gasteiger partial charge in [0.25, 0.3) is 5.91 Å². The molecule has 27 heavy (non-hydrogen) atoms. The van der Waals surface area contributed by atoms with E-state index < -0.39 is 17.8 Å². The minimum atomic E-state index is -4.53. The molecule has 3 aromatic rings. The van der Waals surface area contributed by atoms with Gasteiger partial charge in [-0.1, -0.05) is 35.5 Å². The van der Waals surface area contributed by atoms with E-state index in [0.29, 0.717) is 13.0 Å². The van der Waals surface area contributed by atoms with Crippen LogP contribution in [-0.2, 0) is 12.6 Å². The third-order valence-electron chi connectivity index (χ3n) is 3.96. The second-order valence-corrected chi connectivity index (χ2v) is 5.88. The Morgan fingerprint density at radius 2 is 1.89 bits per heavy atom. The largest absolute Gasteiger partial charge is 0.433 e. The predicted molar refractivity (Wildman–Crippen MR) is 92.0 cm³/mol. The molecular weight excluding hydrogens is 359 g/mol. The molecule has 5 nitrogen and oxygen atoms in total. The quantitative estimate of drug-likeness (QED) is 0.731. The van der Waals surface area contributed by atoms with Crippen molar-refractivity contribution in [3.8, 4) is 11.3 Å². The Morgan fingerprint density at radius 1 is 1.15 bits per heavy atom. The first-order valence-electron chi connectivity index (χ1n) is 8.18. The van der Waals surface area contributed by atoms with Gasteiger partial charge in [0.05, 0.1) is 0 Å². The lowest BCUT2D eigenvalue weighted by molar-refractivity contribution is -0.141. The zero-order valence-corrected chi connectivity index (χ0v) is 14.4. The van der Waals surface area contributed by atoms with Crippen LogP contribution in [0.4, 0.5) is 13.2 Å². The van der Waals surface area contributed by atoms with Gasteiger partial charge in [-0.05, 0) is 31.0 Å². The van der Waals surface area contributed by atoms with Crippen molar-refractivity contribution in [3.63, 3.8) is 0 Å². The van der Waals surface area contributed by atoms with E-state index in [1.807, 2.05) is 30.3 Å². The summed E-state index contributed by atoms with van der Waals surface area (Å²) in [5.41, 5.74) is 0.677. The SMILES string of the molecule is Cc1onc(-c2ccc(C(F)(F)F)nc2)c1C(=O)NCCc1ccccc1. The fourth-order valence-electron chi connectivity index (χ4n) is 2.59. The van der Waals surface area contributed by atoms with E-state index in [1.54, 1.807) is 6.92 Å². The number of rotatable bonds is 5. The molecule has 0 unspecified atom stereocenters. The first-order valence-corrected chi connectivity index (χ1v) is 8.18. The number of alkyl halides is 3. The number of benzene rings is 1. The molecule has 0 atom stereocenters. The number of amides is 1. The topological polar surface area (TPSA) is 68.0 Å². The molecule has 0 aliphatic heterocycles. The number of aryl methyl sites for hydroxylation is 1. The van der Waals surface area contributed by atoms with Crippen molar-refractivity contribution in [1.82, 2.24) is 15.5 Å². The van der Waals surface area contributed by atoms with Gasteiger partial charge in [0.15, 0.2) is 0 Å². The first-order chi connectivity index (χ1) is 12.9. The van der Waals surface area contributed by atoms with Crippen LogP contribution in [0.15, 0.2) is 53.2 Å². The fourth-order valence-corrected chi connectivity index (χ4v) is 2.59. The Balaban J connectivity index is 1.75. The number of carbonyl (C=O) groups is 1. The Morgan fingerprint density at radius 3 is 2.52 bits per heavy atom. The average molecular weight is 375 g/mol. The summed E-state index contributed by atoms with van der Waals surface area (Å²) in [5.74, 6) is -0.123. The number of hydrogen-bond donors (Lipinski definition) is 1. The van der Waals surface area contributed by atoms with E-state index in [-0.39, 0.29) is 22.6 Å². The van der Waals surface area contributed by atoms with Crippen molar-refractivity contribution in [2.45, 2.75) is 19.5 Å². The molecule has 0 aliphatic carbocycles. The molecule has 0 aliphatic rings. The Bertz CT molecular complexity index is 920. The molecule has 1 N–H and O–H groups in total. The van der Waals surface area contributed by atoms with Crippen LogP contribution in [-0.4, -0.2) is 22.6 Å². The van der Waals surface area contributed by atoms with Gasteiger partial charge in [0.1, 0.15) is 22.7 Å². The molecule has 0 bridgehead atoms. The summed E-state index contributed by atoms with van der Waals surface area (Å²) in [4.78, 5) is 15.9. The molecule has 140 valence electrons. The van der Waals surface area contributed by atoms with Gasteiger partial charge in [-0.25, -0.2) is 0 Å². The third-order valence-corrected chi connectivity index (χ3v) is 3.96. The van der Waals surface area contributed by atoms with E-state index >= 15 is 0 Å². The van der Waals surface area contributed by atoms with Crippen molar-refractivity contribution >= 4 is 5.91 Å². The molecule has 0 radical (unpaired) electrons. The third kappa shape index (κ3) is 4.33. The maximum Gasteiger partial charge on any atom is 0.433 e. The van der Waals surface area contributed by atoms with Gasteiger partial charge < -0.3 is 9.84 Å². The van der Waals surface area contributed by atoms with Crippen LogP contribution >= 0.6 is 0 Å². The summed E-state index contributed by atoms with van der Waals surface area (Å²) in [6.45, 7) is 1.97. The van der Waals surface area contributed by atoms with E-state index in [0.717, 1.165) is 17.8 Å². The molecule has 0 saturated heterocycles. The lowest BCUT2D eigenvalue weighted by Crippen LogP contribution is -2.26. The maximum atomic E-state index is 12.7. The van der Waals surface area contributed by atoms with Crippen molar-refractivity contribution in [2.24, 2.45) is 0 Å². The van der Waals surface area contributed by atoms with Crippen molar-refractivity contribution in [3.05, 3.63) is 71.2 Å². The maximum absolute atomic E-state index is 12.7. The number of carbonyl (C=O) groups excluding carboxylic acids is 1. The van der Waals surface area contributed by atoms with Gasteiger partial charge in [0.2, 0.25) is 0 Å². The van der Waals surface area contributed by atoms with Crippen LogP contribution in [0.5, 0.6) is 0 Å². The van der Waals surface area contributed by atoms with Gasteiger partial charge in [-0.15, -0.1) is 0 Å². The monoisotopic (exact) mass is 375 g/mol. The van der Waals surface area contributed by atoms with Gasteiger partial charge in [0, 0.05) is 18.3 Å². The minimum absolute atomic E-state index is 0.158. The molecule has 1 aromatic carbocycles. The molecule has 0 saturated carbocycles. The number of pyridine rings is 1. The smallest absolute Gasteiger partial charge is 0.360 e. The van der Waals surface area contributed by atoms with Gasteiger partial charge >= 0.3 is 6.18 Å². The standard InChI is InChI=1S/C19H16F3N3O2/c1-12-16(18(26)23-10-9-13-5-3-2-4-6-13)17(25-27-12)14-7-8-15(24-11-14)19(20,21)22/h2-8,11H,9-10H2,1H3,(H,23,26).